The molecular weight excluding hydrogens is 295 g/mol. The minimum Gasteiger partial charge on any atom is -0.384 e. The van der Waals surface area contributed by atoms with E-state index in [0.717, 1.165) is 6.07 Å². The molecule has 2 aromatic rings. The number of pyridine rings is 1. The number of hydrogen-bond donors (Lipinski definition) is 3. The Labute approximate surface area is 121 Å². The number of hydrogen-bond acceptors (Lipinski definition) is 4. The minimum absolute atomic E-state index is 0.104. The summed E-state index contributed by atoms with van der Waals surface area (Å²) in [5, 5.41) is 6.82. The number of nitrogens with one attached hydrogen (secondary N) is 2. The molecule has 21 heavy (non-hydrogen) atoms. The third-order valence-corrected chi connectivity index (χ3v) is 4.06. The number of halogens is 1. The van der Waals surface area contributed by atoms with Gasteiger partial charge in [-0.25, -0.2) is 9.37 Å². The average Bonchev–Trinajstić information content (AvgIpc) is 2.38. The first-order valence-corrected chi connectivity index (χ1v) is 7.38. The van der Waals surface area contributed by atoms with Crippen LogP contribution in [0.1, 0.15) is 11.1 Å². The largest absolute Gasteiger partial charge is 0.384 e. The van der Waals surface area contributed by atoms with Crippen molar-refractivity contribution < 1.29 is 12.8 Å². The molecule has 0 atom stereocenters. The van der Waals surface area contributed by atoms with Crippen molar-refractivity contribution in [3.63, 3.8) is 0 Å². The van der Waals surface area contributed by atoms with Crippen LogP contribution in [0, 0.1) is 18.2 Å². The summed E-state index contributed by atoms with van der Waals surface area (Å²) in [6, 6.07) is 7.04. The van der Waals surface area contributed by atoms with Gasteiger partial charge in [0.05, 0.1) is 5.69 Å². The Morgan fingerprint density at radius 3 is 2.67 bits per heavy atom. The second-order valence-electron chi connectivity index (χ2n) is 4.31. The van der Waals surface area contributed by atoms with Gasteiger partial charge in [0.15, 0.2) is 5.82 Å². The number of benzene rings is 1. The van der Waals surface area contributed by atoms with E-state index in [4.69, 9.17) is 11.1 Å². The predicted molar refractivity (Wildman–Crippen MR) is 77.2 cm³/mol. The summed E-state index contributed by atoms with van der Waals surface area (Å²) in [7, 11) is -4.21. The van der Waals surface area contributed by atoms with Crippen molar-refractivity contribution in [3.05, 3.63) is 53.5 Å². The van der Waals surface area contributed by atoms with Gasteiger partial charge in [-0.2, -0.15) is 8.42 Å². The third kappa shape index (κ3) is 3.00. The number of rotatable bonds is 4. The van der Waals surface area contributed by atoms with E-state index in [1.807, 2.05) is 0 Å². The molecule has 1 aromatic heterocycles. The van der Waals surface area contributed by atoms with Crippen LogP contribution < -0.4 is 10.5 Å². The fourth-order valence-electron chi connectivity index (χ4n) is 1.87. The molecule has 0 aliphatic heterocycles. The monoisotopic (exact) mass is 308 g/mol. The lowest BCUT2D eigenvalue weighted by atomic mass is 10.1. The van der Waals surface area contributed by atoms with E-state index >= 15 is 0 Å². The molecule has 2 rings (SSSR count). The van der Waals surface area contributed by atoms with Crippen LogP contribution in [0.4, 0.5) is 10.1 Å². The zero-order chi connectivity index (χ0) is 15.6. The molecule has 1 heterocycles. The van der Waals surface area contributed by atoms with Crippen molar-refractivity contribution in [2.45, 2.75) is 11.9 Å². The first-order valence-electron chi connectivity index (χ1n) is 5.90. The predicted octanol–water partition coefficient (Wildman–Crippen LogP) is 1.61. The zero-order valence-corrected chi connectivity index (χ0v) is 11.9. The number of nitrogens with two attached hydrogens (primary N) is 1. The van der Waals surface area contributed by atoms with Gasteiger partial charge >= 0.3 is 0 Å². The van der Waals surface area contributed by atoms with Gasteiger partial charge in [-0.05, 0) is 30.7 Å². The summed E-state index contributed by atoms with van der Waals surface area (Å²) in [4.78, 5) is 3.53. The molecule has 0 unspecified atom stereocenters. The number of nitrogens with zero attached hydrogens (tertiary/aromatic N) is 1. The van der Waals surface area contributed by atoms with Gasteiger partial charge in [0.1, 0.15) is 5.84 Å². The normalized spacial score (nSPS) is 11.1. The molecule has 0 spiro atoms. The van der Waals surface area contributed by atoms with E-state index in [1.54, 1.807) is 19.1 Å². The molecule has 0 radical (unpaired) electrons. The number of nitrogen functional groups attached to an aromatic ring is 1. The van der Waals surface area contributed by atoms with Crippen LogP contribution >= 0.6 is 0 Å². The molecule has 1 aromatic carbocycles. The summed E-state index contributed by atoms with van der Waals surface area (Å²) >= 11 is 0. The summed E-state index contributed by atoms with van der Waals surface area (Å²) in [6.07, 6.45) is 1.18. The Morgan fingerprint density at radius 1 is 1.33 bits per heavy atom. The van der Waals surface area contributed by atoms with E-state index in [1.165, 1.54) is 18.3 Å². The number of sulfonamides is 1. The lowest BCUT2D eigenvalue weighted by molar-refractivity contribution is 0.557. The standard InChI is InChI=1S/C13H13FN4O2S/c1-8-4-2-6-10(11(8)12(15)16)18-21(19,20)13-9(14)5-3-7-17-13/h2-7,18H,1H3,(H3,15,16). The number of anilines is 1. The SMILES string of the molecule is Cc1cccc(NS(=O)(=O)c2ncccc2F)c1C(=N)N. The molecule has 0 saturated heterocycles. The molecule has 110 valence electrons. The van der Waals surface area contributed by atoms with Crippen LogP contribution in [0.15, 0.2) is 41.6 Å². The van der Waals surface area contributed by atoms with E-state index in [0.29, 0.717) is 5.56 Å². The van der Waals surface area contributed by atoms with E-state index in [2.05, 4.69) is 9.71 Å². The summed E-state index contributed by atoms with van der Waals surface area (Å²) in [6.45, 7) is 1.69. The van der Waals surface area contributed by atoms with Crippen molar-refractivity contribution in [3.8, 4) is 0 Å². The Kier molecular flexibility index (Phi) is 3.90. The molecule has 6 nitrogen and oxygen atoms in total. The number of aromatic nitrogens is 1. The molecule has 0 saturated carbocycles. The minimum atomic E-state index is -4.21. The number of aryl methyl sites for hydroxylation is 1. The zero-order valence-electron chi connectivity index (χ0n) is 11.1. The summed E-state index contributed by atoms with van der Waals surface area (Å²) in [5.41, 5.74) is 6.44. The lowest BCUT2D eigenvalue weighted by Gasteiger charge is -2.13. The van der Waals surface area contributed by atoms with Gasteiger partial charge < -0.3 is 5.73 Å². The first-order chi connectivity index (χ1) is 9.83. The highest BCUT2D eigenvalue weighted by Gasteiger charge is 2.22. The lowest BCUT2D eigenvalue weighted by Crippen LogP contribution is -2.21. The van der Waals surface area contributed by atoms with Gasteiger partial charge in [0.25, 0.3) is 10.0 Å². The topological polar surface area (TPSA) is 109 Å². The van der Waals surface area contributed by atoms with Crippen molar-refractivity contribution in [1.82, 2.24) is 4.98 Å². The van der Waals surface area contributed by atoms with Crippen LogP contribution in [0.5, 0.6) is 0 Å². The first kappa shape index (κ1) is 14.9. The maximum atomic E-state index is 13.6. The van der Waals surface area contributed by atoms with E-state index in [-0.39, 0.29) is 17.1 Å². The second kappa shape index (κ2) is 5.49. The van der Waals surface area contributed by atoms with Crippen LogP contribution in [0.2, 0.25) is 0 Å². The maximum absolute atomic E-state index is 13.6. The van der Waals surface area contributed by atoms with Gasteiger partial charge in [-0.15, -0.1) is 0 Å². The smallest absolute Gasteiger partial charge is 0.282 e. The molecular formula is C13H13FN4O2S. The van der Waals surface area contributed by atoms with Gasteiger partial charge in [-0.1, -0.05) is 12.1 Å². The van der Waals surface area contributed by atoms with E-state index < -0.39 is 20.9 Å². The van der Waals surface area contributed by atoms with Crippen LogP contribution in [0.25, 0.3) is 0 Å². The van der Waals surface area contributed by atoms with Gasteiger partial charge in [-0.3, -0.25) is 10.1 Å². The third-order valence-electron chi connectivity index (χ3n) is 2.77. The molecule has 0 amide bonds. The van der Waals surface area contributed by atoms with Crippen molar-refractivity contribution in [2.75, 3.05) is 4.72 Å². The quantitative estimate of drug-likeness (QED) is 0.589. The van der Waals surface area contributed by atoms with Gasteiger partial charge in [0.2, 0.25) is 5.03 Å². The second-order valence-corrected chi connectivity index (χ2v) is 5.90. The average molecular weight is 308 g/mol. The molecule has 0 bridgehead atoms. The Morgan fingerprint density at radius 2 is 2.05 bits per heavy atom. The van der Waals surface area contributed by atoms with Crippen LogP contribution in [-0.4, -0.2) is 19.2 Å². The molecule has 4 N–H and O–H groups in total. The fraction of sp³-hybridized carbons (Fsp3) is 0.0769. The van der Waals surface area contributed by atoms with Gasteiger partial charge in [0, 0.05) is 11.8 Å². The number of amidine groups is 1. The fourth-order valence-corrected chi connectivity index (χ4v) is 2.95. The van der Waals surface area contributed by atoms with Crippen LogP contribution in [0.3, 0.4) is 0 Å². The molecule has 8 heteroatoms. The van der Waals surface area contributed by atoms with Crippen molar-refractivity contribution >= 4 is 21.5 Å². The highest BCUT2D eigenvalue weighted by molar-refractivity contribution is 7.92. The highest BCUT2D eigenvalue weighted by atomic mass is 32.2. The van der Waals surface area contributed by atoms with E-state index in [9.17, 15) is 12.8 Å². The van der Waals surface area contributed by atoms with Crippen molar-refractivity contribution in [2.24, 2.45) is 5.73 Å². The summed E-state index contributed by atoms with van der Waals surface area (Å²) < 4.78 is 40.2. The maximum Gasteiger partial charge on any atom is 0.282 e. The Balaban J connectivity index is 2.50. The molecule has 0 aliphatic rings. The Hall–Kier alpha value is -2.48. The van der Waals surface area contributed by atoms with Crippen LogP contribution in [-0.2, 0) is 10.0 Å². The summed E-state index contributed by atoms with van der Waals surface area (Å²) in [5.74, 6) is -1.24. The molecule has 0 fully saturated rings. The Bertz CT molecular complexity index is 806. The van der Waals surface area contributed by atoms with Crippen molar-refractivity contribution in [1.29, 1.82) is 5.41 Å². The molecule has 0 aliphatic carbocycles. The highest BCUT2D eigenvalue weighted by Crippen LogP contribution is 2.22.